The molecule has 1 amide bonds. The van der Waals surface area contributed by atoms with Crippen molar-refractivity contribution in [3.8, 4) is 0 Å². The molecule has 0 spiro atoms. The van der Waals surface area contributed by atoms with Gasteiger partial charge in [-0.3, -0.25) is 4.79 Å². The van der Waals surface area contributed by atoms with E-state index in [2.05, 4.69) is 10.2 Å². The maximum Gasteiger partial charge on any atom is 0.220 e. The van der Waals surface area contributed by atoms with E-state index in [9.17, 15) is 13.6 Å². The predicted molar refractivity (Wildman–Crippen MR) is 88.4 cm³/mol. The summed E-state index contributed by atoms with van der Waals surface area (Å²) in [6.07, 6.45) is 0.629. The van der Waals surface area contributed by atoms with Crippen molar-refractivity contribution >= 4 is 17.2 Å². The highest BCUT2D eigenvalue weighted by atomic mass is 32.1. The highest BCUT2D eigenvalue weighted by Crippen LogP contribution is 2.22. The van der Waals surface area contributed by atoms with Gasteiger partial charge in [0, 0.05) is 17.8 Å². The Hall–Kier alpha value is -1.79. The van der Waals surface area contributed by atoms with E-state index in [0.29, 0.717) is 18.5 Å². The van der Waals surface area contributed by atoms with Crippen molar-refractivity contribution in [1.29, 1.82) is 0 Å². The Morgan fingerprint density at radius 2 is 2.04 bits per heavy atom. The van der Waals surface area contributed by atoms with Crippen LogP contribution in [-0.4, -0.2) is 31.4 Å². The molecule has 6 heteroatoms. The van der Waals surface area contributed by atoms with Gasteiger partial charge in [-0.1, -0.05) is 12.1 Å². The summed E-state index contributed by atoms with van der Waals surface area (Å²) in [4.78, 5) is 15.2. The Morgan fingerprint density at radius 1 is 1.26 bits per heavy atom. The molecule has 0 fully saturated rings. The SMILES string of the molecule is CN(C)C(CNC(=O)CCc1ccc(F)c(F)c1)c1cccs1. The first-order valence-corrected chi connectivity index (χ1v) is 8.26. The molecule has 1 aromatic heterocycles. The van der Waals surface area contributed by atoms with Crippen molar-refractivity contribution in [3.63, 3.8) is 0 Å². The van der Waals surface area contributed by atoms with Crippen LogP contribution >= 0.6 is 11.3 Å². The maximum absolute atomic E-state index is 13.1. The minimum Gasteiger partial charge on any atom is -0.354 e. The van der Waals surface area contributed by atoms with Crippen LogP contribution in [0.2, 0.25) is 0 Å². The van der Waals surface area contributed by atoms with E-state index in [0.717, 1.165) is 12.1 Å². The zero-order valence-electron chi connectivity index (χ0n) is 13.2. The van der Waals surface area contributed by atoms with Gasteiger partial charge in [0.15, 0.2) is 11.6 Å². The third-order valence-electron chi connectivity index (χ3n) is 3.61. The zero-order valence-corrected chi connectivity index (χ0v) is 14.0. The van der Waals surface area contributed by atoms with Crippen LogP contribution in [0.1, 0.15) is 22.9 Å². The van der Waals surface area contributed by atoms with E-state index in [1.54, 1.807) is 11.3 Å². The van der Waals surface area contributed by atoms with Crippen LogP contribution in [0.25, 0.3) is 0 Å². The van der Waals surface area contributed by atoms with Gasteiger partial charge in [-0.05, 0) is 49.7 Å². The summed E-state index contributed by atoms with van der Waals surface area (Å²) in [5.41, 5.74) is 0.612. The minimum atomic E-state index is -0.881. The molecule has 0 aliphatic heterocycles. The molecule has 3 nitrogen and oxygen atoms in total. The lowest BCUT2D eigenvalue weighted by Crippen LogP contribution is -2.34. The minimum absolute atomic E-state index is 0.0989. The number of carbonyl (C=O) groups excluding carboxylic acids is 1. The van der Waals surface area contributed by atoms with E-state index in [1.165, 1.54) is 10.9 Å². The summed E-state index contributed by atoms with van der Waals surface area (Å²) in [6.45, 7) is 0.518. The fourth-order valence-electron chi connectivity index (χ4n) is 2.27. The fourth-order valence-corrected chi connectivity index (χ4v) is 3.19. The normalized spacial score (nSPS) is 12.4. The molecule has 1 unspecified atom stereocenters. The van der Waals surface area contributed by atoms with Gasteiger partial charge in [0.05, 0.1) is 6.04 Å². The maximum atomic E-state index is 13.1. The average Bonchev–Trinajstić information content (AvgIpc) is 3.02. The number of hydrogen-bond acceptors (Lipinski definition) is 3. The van der Waals surface area contributed by atoms with Crippen LogP contribution in [0.3, 0.4) is 0 Å². The summed E-state index contributed by atoms with van der Waals surface area (Å²) < 4.78 is 26.0. The lowest BCUT2D eigenvalue weighted by molar-refractivity contribution is -0.121. The second-order valence-corrected chi connectivity index (χ2v) is 6.53. The molecule has 1 heterocycles. The Labute approximate surface area is 138 Å². The molecule has 2 rings (SSSR count). The van der Waals surface area contributed by atoms with Gasteiger partial charge >= 0.3 is 0 Å². The van der Waals surface area contributed by atoms with Crippen LogP contribution in [-0.2, 0) is 11.2 Å². The number of nitrogens with one attached hydrogen (secondary N) is 1. The smallest absolute Gasteiger partial charge is 0.220 e. The first-order chi connectivity index (χ1) is 11.0. The van der Waals surface area contributed by atoms with E-state index in [4.69, 9.17) is 0 Å². The molecule has 0 aliphatic rings. The number of nitrogens with zero attached hydrogens (tertiary/aromatic N) is 1. The third-order valence-corrected chi connectivity index (χ3v) is 4.59. The summed E-state index contributed by atoms with van der Waals surface area (Å²) in [5, 5.41) is 4.92. The number of hydrogen-bond donors (Lipinski definition) is 1. The number of amides is 1. The van der Waals surface area contributed by atoms with Crippen LogP contribution in [0.4, 0.5) is 8.78 Å². The molecule has 2 aromatic rings. The monoisotopic (exact) mass is 338 g/mol. The molecule has 0 aliphatic carbocycles. The van der Waals surface area contributed by atoms with Gasteiger partial charge in [-0.25, -0.2) is 8.78 Å². The highest BCUT2D eigenvalue weighted by Gasteiger charge is 2.16. The van der Waals surface area contributed by atoms with Crippen LogP contribution < -0.4 is 5.32 Å². The molecule has 1 atom stereocenters. The van der Waals surface area contributed by atoms with E-state index in [-0.39, 0.29) is 18.4 Å². The number of aryl methyl sites for hydroxylation is 1. The van der Waals surface area contributed by atoms with Gasteiger partial charge in [-0.2, -0.15) is 0 Å². The first-order valence-electron chi connectivity index (χ1n) is 7.38. The largest absolute Gasteiger partial charge is 0.354 e. The first kappa shape index (κ1) is 17.6. The van der Waals surface area contributed by atoms with E-state index >= 15 is 0 Å². The Morgan fingerprint density at radius 3 is 2.65 bits per heavy atom. The van der Waals surface area contributed by atoms with E-state index in [1.807, 2.05) is 31.6 Å². The van der Waals surface area contributed by atoms with Gasteiger partial charge in [0.1, 0.15) is 0 Å². The molecule has 1 aromatic carbocycles. The number of thiophene rings is 1. The van der Waals surface area contributed by atoms with Crippen LogP contribution in [0.5, 0.6) is 0 Å². The molecular formula is C17H20F2N2OS. The molecule has 23 heavy (non-hydrogen) atoms. The quantitative estimate of drug-likeness (QED) is 0.839. The lowest BCUT2D eigenvalue weighted by Gasteiger charge is -2.23. The van der Waals surface area contributed by atoms with Crippen molar-refractivity contribution in [2.45, 2.75) is 18.9 Å². The summed E-state index contributed by atoms with van der Waals surface area (Å²) in [5.74, 6) is -1.85. The van der Waals surface area contributed by atoms with Crippen molar-refractivity contribution in [1.82, 2.24) is 10.2 Å². The highest BCUT2D eigenvalue weighted by molar-refractivity contribution is 7.10. The zero-order chi connectivity index (χ0) is 16.8. The van der Waals surface area contributed by atoms with Crippen molar-refractivity contribution in [2.24, 2.45) is 0 Å². The van der Waals surface area contributed by atoms with Gasteiger partial charge in [0.2, 0.25) is 5.91 Å². The van der Waals surface area contributed by atoms with Crippen LogP contribution in [0, 0.1) is 11.6 Å². The molecule has 0 bridgehead atoms. The predicted octanol–water partition coefficient (Wildman–Crippen LogP) is 3.38. The third kappa shape index (κ3) is 5.11. The Bertz CT molecular complexity index is 644. The molecule has 0 saturated heterocycles. The summed E-state index contributed by atoms with van der Waals surface area (Å²) in [7, 11) is 3.94. The molecule has 0 saturated carbocycles. The number of carbonyl (C=O) groups is 1. The number of benzene rings is 1. The molecular weight excluding hydrogens is 318 g/mol. The lowest BCUT2D eigenvalue weighted by atomic mass is 10.1. The van der Waals surface area contributed by atoms with Gasteiger partial charge in [0.25, 0.3) is 0 Å². The second-order valence-electron chi connectivity index (χ2n) is 5.55. The van der Waals surface area contributed by atoms with Crippen molar-refractivity contribution in [2.75, 3.05) is 20.6 Å². The van der Waals surface area contributed by atoms with Crippen molar-refractivity contribution < 1.29 is 13.6 Å². The average molecular weight is 338 g/mol. The summed E-state index contributed by atoms with van der Waals surface area (Å²) >= 11 is 1.65. The standard InChI is InChI=1S/C17H20F2N2OS/c1-21(2)15(16-4-3-9-23-16)11-20-17(22)8-6-12-5-7-13(18)14(19)10-12/h3-5,7,9-10,15H,6,8,11H2,1-2H3,(H,20,22). The van der Waals surface area contributed by atoms with Gasteiger partial charge < -0.3 is 10.2 Å². The molecule has 0 radical (unpaired) electrons. The van der Waals surface area contributed by atoms with Crippen molar-refractivity contribution in [3.05, 3.63) is 57.8 Å². The number of rotatable bonds is 7. The van der Waals surface area contributed by atoms with Crippen LogP contribution in [0.15, 0.2) is 35.7 Å². The number of likely N-dealkylation sites (N-methyl/N-ethyl adjacent to an activating group) is 1. The topological polar surface area (TPSA) is 32.3 Å². The fraction of sp³-hybridized carbons (Fsp3) is 0.353. The second kappa shape index (κ2) is 8.17. The van der Waals surface area contributed by atoms with E-state index < -0.39 is 11.6 Å². The molecule has 124 valence electrons. The Balaban J connectivity index is 1.83. The Kier molecular flexibility index (Phi) is 6.24. The summed E-state index contributed by atoms with van der Waals surface area (Å²) in [6, 6.07) is 7.88. The number of halogens is 2. The molecule has 1 N–H and O–H groups in total. The van der Waals surface area contributed by atoms with Gasteiger partial charge in [-0.15, -0.1) is 11.3 Å².